The van der Waals surface area contributed by atoms with Gasteiger partial charge >= 0.3 is 5.97 Å². The van der Waals surface area contributed by atoms with E-state index in [-0.39, 0.29) is 0 Å². The molecule has 0 amide bonds. The van der Waals surface area contributed by atoms with Gasteiger partial charge in [0, 0.05) is 20.9 Å². The topological polar surface area (TPSA) is 42.2 Å². The average Bonchev–Trinajstić information content (AvgIpc) is 2.97. The Morgan fingerprint density at radius 3 is 2.84 bits per heavy atom. The summed E-state index contributed by atoms with van der Waals surface area (Å²) in [6, 6.07) is 9.30. The fraction of sp³-hybridized carbons (Fsp3) is 0.0714. The van der Waals surface area contributed by atoms with Crippen molar-refractivity contribution in [2.45, 2.75) is 6.54 Å². The van der Waals surface area contributed by atoms with E-state index in [1.54, 1.807) is 23.5 Å². The number of benzene rings is 1. The van der Waals surface area contributed by atoms with Crippen LogP contribution in [0.1, 0.15) is 15.2 Å². The number of rotatable bonds is 3. The second kappa shape index (κ2) is 4.83. The van der Waals surface area contributed by atoms with Gasteiger partial charge < -0.3 is 9.67 Å². The van der Waals surface area contributed by atoms with Crippen LogP contribution in [-0.4, -0.2) is 15.6 Å². The van der Waals surface area contributed by atoms with E-state index in [1.165, 1.54) is 4.88 Å². The van der Waals surface area contributed by atoms with E-state index in [2.05, 4.69) is 15.9 Å². The van der Waals surface area contributed by atoms with Crippen molar-refractivity contribution >= 4 is 44.1 Å². The van der Waals surface area contributed by atoms with Gasteiger partial charge in [-0.3, -0.25) is 0 Å². The standard InChI is InChI=1S/C14H10BrNO2S/c15-11-5-7-19-12(11)8-16-6-4-9-2-1-3-10(13(9)16)14(17)18/h1-7H,8H2,(H,17,18). The van der Waals surface area contributed by atoms with Gasteiger partial charge in [-0.05, 0) is 39.5 Å². The fourth-order valence-electron chi connectivity index (χ4n) is 2.16. The summed E-state index contributed by atoms with van der Waals surface area (Å²) in [5, 5.41) is 12.3. The number of halogens is 1. The van der Waals surface area contributed by atoms with Gasteiger partial charge in [-0.2, -0.15) is 0 Å². The van der Waals surface area contributed by atoms with Gasteiger partial charge in [0.25, 0.3) is 0 Å². The maximum absolute atomic E-state index is 11.3. The summed E-state index contributed by atoms with van der Waals surface area (Å²) < 4.78 is 3.04. The first-order valence-corrected chi connectivity index (χ1v) is 7.37. The van der Waals surface area contributed by atoms with Crippen LogP contribution < -0.4 is 0 Å². The van der Waals surface area contributed by atoms with Crippen molar-refractivity contribution in [1.82, 2.24) is 4.57 Å². The van der Waals surface area contributed by atoms with Crippen LogP contribution in [0.4, 0.5) is 0 Å². The third kappa shape index (κ3) is 2.19. The summed E-state index contributed by atoms with van der Waals surface area (Å²) in [6.45, 7) is 0.673. The summed E-state index contributed by atoms with van der Waals surface area (Å²) in [5.74, 6) is -0.893. The average molecular weight is 336 g/mol. The molecule has 0 fully saturated rings. The summed E-state index contributed by atoms with van der Waals surface area (Å²) >= 11 is 5.16. The number of nitrogens with zero attached hydrogens (tertiary/aromatic N) is 1. The Bertz CT molecular complexity index is 760. The van der Waals surface area contributed by atoms with Gasteiger partial charge in [0.1, 0.15) is 0 Å². The van der Waals surface area contributed by atoms with Crippen molar-refractivity contribution in [3.63, 3.8) is 0 Å². The molecule has 5 heteroatoms. The fourth-order valence-corrected chi connectivity index (χ4v) is 3.63. The molecule has 0 aliphatic rings. The zero-order valence-corrected chi connectivity index (χ0v) is 12.2. The molecule has 1 N–H and O–H groups in total. The van der Waals surface area contributed by atoms with Crippen molar-refractivity contribution in [3.05, 3.63) is 56.8 Å². The predicted octanol–water partition coefficient (Wildman–Crippen LogP) is 4.21. The molecule has 0 aliphatic carbocycles. The second-order valence-electron chi connectivity index (χ2n) is 4.18. The van der Waals surface area contributed by atoms with Gasteiger partial charge in [-0.1, -0.05) is 12.1 Å². The number of carboxylic acid groups (broad SMARTS) is 1. The number of aromatic carboxylic acids is 1. The molecule has 19 heavy (non-hydrogen) atoms. The minimum absolute atomic E-state index is 0.343. The van der Waals surface area contributed by atoms with Gasteiger partial charge in [-0.25, -0.2) is 4.79 Å². The molecule has 3 rings (SSSR count). The van der Waals surface area contributed by atoms with E-state index in [1.807, 2.05) is 34.3 Å². The smallest absolute Gasteiger partial charge is 0.337 e. The Kier molecular flexibility index (Phi) is 3.16. The molecule has 0 aliphatic heterocycles. The van der Waals surface area contributed by atoms with Crippen LogP contribution >= 0.6 is 27.3 Å². The monoisotopic (exact) mass is 335 g/mol. The van der Waals surface area contributed by atoms with Crippen molar-refractivity contribution in [2.24, 2.45) is 0 Å². The van der Waals surface area contributed by atoms with E-state index in [9.17, 15) is 9.90 Å². The maximum atomic E-state index is 11.3. The zero-order valence-electron chi connectivity index (χ0n) is 9.84. The number of carbonyl (C=O) groups is 1. The lowest BCUT2D eigenvalue weighted by molar-refractivity contribution is 0.0698. The normalized spacial score (nSPS) is 11.0. The molecular weight excluding hydrogens is 326 g/mol. The Morgan fingerprint density at radius 2 is 2.16 bits per heavy atom. The van der Waals surface area contributed by atoms with Crippen LogP contribution in [0.25, 0.3) is 10.9 Å². The molecule has 0 radical (unpaired) electrons. The van der Waals surface area contributed by atoms with Crippen molar-refractivity contribution in [2.75, 3.05) is 0 Å². The van der Waals surface area contributed by atoms with Crippen molar-refractivity contribution in [3.8, 4) is 0 Å². The first kappa shape index (κ1) is 12.4. The van der Waals surface area contributed by atoms with Crippen LogP contribution in [0.2, 0.25) is 0 Å². The third-order valence-corrected chi connectivity index (χ3v) is 4.93. The summed E-state index contributed by atoms with van der Waals surface area (Å²) in [4.78, 5) is 12.5. The van der Waals surface area contributed by atoms with Crippen LogP contribution in [0.5, 0.6) is 0 Å². The minimum Gasteiger partial charge on any atom is -0.478 e. The Balaban J connectivity index is 2.14. The first-order chi connectivity index (χ1) is 9.16. The lowest BCUT2D eigenvalue weighted by atomic mass is 10.1. The molecule has 96 valence electrons. The zero-order chi connectivity index (χ0) is 13.4. The van der Waals surface area contributed by atoms with Crippen LogP contribution in [0, 0.1) is 0 Å². The molecule has 3 aromatic rings. The van der Waals surface area contributed by atoms with E-state index in [0.717, 1.165) is 15.4 Å². The Morgan fingerprint density at radius 1 is 1.32 bits per heavy atom. The van der Waals surface area contributed by atoms with E-state index in [4.69, 9.17) is 0 Å². The minimum atomic E-state index is -0.893. The maximum Gasteiger partial charge on any atom is 0.337 e. The van der Waals surface area contributed by atoms with Crippen LogP contribution in [0.15, 0.2) is 46.4 Å². The number of thiophene rings is 1. The number of aromatic nitrogens is 1. The van der Waals surface area contributed by atoms with Crippen molar-refractivity contribution < 1.29 is 9.90 Å². The molecule has 0 spiro atoms. The summed E-state index contributed by atoms with van der Waals surface area (Å²) in [5.41, 5.74) is 1.12. The van der Waals surface area contributed by atoms with Crippen molar-refractivity contribution in [1.29, 1.82) is 0 Å². The molecule has 0 atom stereocenters. The van der Waals surface area contributed by atoms with Crippen LogP contribution in [0.3, 0.4) is 0 Å². The first-order valence-electron chi connectivity index (χ1n) is 5.70. The predicted molar refractivity (Wildman–Crippen MR) is 80.0 cm³/mol. The quantitative estimate of drug-likeness (QED) is 0.778. The van der Waals surface area contributed by atoms with Gasteiger partial charge in [0.05, 0.1) is 17.6 Å². The number of hydrogen-bond donors (Lipinski definition) is 1. The SMILES string of the molecule is O=C(O)c1cccc2ccn(Cc3sccc3Br)c12. The highest BCUT2D eigenvalue weighted by Gasteiger charge is 2.13. The van der Waals surface area contributed by atoms with E-state index in [0.29, 0.717) is 12.1 Å². The molecular formula is C14H10BrNO2S. The molecule has 2 aromatic heterocycles. The molecule has 0 unspecified atom stereocenters. The highest BCUT2D eigenvalue weighted by molar-refractivity contribution is 9.10. The molecule has 1 aromatic carbocycles. The molecule has 0 saturated heterocycles. The molecule has 0 saturated carbocycles. The Labute approximate surface area is 122 Å². The second-order valence-corrected chi connectivity index (χ2v) is 6.04. The lowest BCUT2D eigenvalue weighted by Crippen LogP contribution is -2.03. The number of fused-ring (bicyclic) bond motifs is 1. The number of hydrogen-bond acceptors (Lipinski definition) is 2. The van der Waals surface area contributed by atoms with Gasteiger partial charge in [0.15, 0.2) is 0 Å². The van der Waals surface area contributed by atoms with Gasteiger partial charge in [-0.15, -0.1) is 11.3 Å². The third-order valence-electron chi connectivity index (χ3n) is 3.02. The summed E-state index contributed by atoms with van der Waals surface area (Å²) in [6.07, 6.45) is 1.93. The van der Waals surface area contributed by atoms with E-state index < -0.39 is 5.97 Å². The molecule has 2 heterocycles. The molecule has 3 nitrogen and oxygen atoms in total. The largest absolute Gasteiger partial charge is 0.478 e. The number of para-hydroxylation sites is 1. The van der Waals surface area contributed by atoms with Crippen LogP contribution in [-0.2, 0) is 6.54 Å². The highest BCUT2D eigenvalue weighted by atomic mass is 79.9. The summed E-state index contributed by atoms with van der Waals surface area (Å²) in [7, 11) is 0. The molecule has 0 bridgehead atoms. The van der Waals surface area contributed by atoms with E-state index >= 15 is 0 Å². The highest BCUT2D eigenvalue weighted by Crippen LogP contribution is 2.27. The number of carboxylic acids is 1. The lowest BCUT2D eigenvalue weighted by Gasteiger charge is -2.07. The Hall–Kier alpha value is -1.59. The van der Waals surface area contributed by atoms with Gasteiger partial charge in [0.2, 0.25) is 0 Å².